The van der Waals surface area contributed by atoms with E-state index in [0.29, 0.717) is 12.0 Å². The Balaban J connectivity index is 2.74. The quantitative estimate of drug-likeness (QED) is 0.566. The molecule has 2 nitrogen and oxygen atoms in total. The van der Waals surface area contributed by atoms with Crippen LogP contribution in [0.5, 0.6) is 0 Å². The van der Waals surface area contributed by atoms with Crippen molar-refractivity contribution < 1.29 is 9.90 Å². The van der Waals surface area contributed by atoms with E-state index in [1.807, 2.05) is 30.3 Å². The molecule has 0 aliphatic rings. The van der Waals surface area contributed by atoms with Gasteiger partial charge in [0.25, 0.3) is 0 Å². The normalized spacial score (nSPS) is 11.3. The Morgan fingerprint density at radius 2 is 2.00 bits per heavy atom. The van der Waals surface area contributed by atoms with Crippen LogP contribution in [0.3, 0.4) is 0 Å². The van der Waals surface area contributed by atoms with Crippen molar-refractivity contribution in [1.29, 1.82) is 0 Å². The van der Waals surface area contributed by atoms with Gasteiger partial charge in [-0.25, -0.2) is 0 Å². The molecule has 0 heterocycles. The summed E-state index contributed by atoms with van der Waals surface area (Å²) in [5.74, 6) is -0.0913. The summed E-state index contributed by atoms with van der Waals surface area (Å²) in [6, 6.07) is 9.58. The Bertz CT molecular complexity index is 312. The first-order valence-electron chi connectivity index (χ1n) is 4.12. The van der Waals surface area contributed by atoms with Crippen molar-refractivity contribution in [3.05, 3.63) is 47.7 Å². The number of carbonyl (C=O) groups excluding carboxylic acids is 1. The summed E-state index contributed by atoms with van der Waals surface area (Å²) < 4.78 is 0. The van der Waals surface area contributed by atoms with E-state index in [0.717, 1.165) is 11.8 Å². The molecule has 2 heteroatoms. The summed E-state index contributed by atoms with van der Waals surface area (Å²) in [6.07, 6.45) is 1.38. The fraction of sp³-hybridized carbons (Fsp3) is 0.182. The topological polar surface area (TPSA) is 37.3 Å². The lowest BCUT2D eigenvalue weighted by Gasteiger charge is -2.01. The molecule has 0 fully saturated rings. The highest BCUT2D eigenvalue weighted by Gasteiger charge is 2.04. The Hall–Kier alpha value is -1.57. The molecule has 68 valence electrons. The summed E-state index contributed by atoms with van der Waals surface area (Å²) in [4.78, 5) is 11.0. The third-order valence-electron chi connectivity index (χ3n) is 1.85. The number of hydrogen-bond acceptors (Lipinski definition) is 2. The molecule has 0 aliphatic carbocycles. The van der Waals surface area contributed by atoms with E-state index in [1.54, 1.807) is 0 Å². The van der Waals surface area contributed by atoms with Gasteiger partial charge in [0.2, 0.25) is 0 Å². The molecule has 1 aromatic rings. The van der Waals surface area contributed by atoms with Gasteiger partial charge in [0, 0.05) is 12.0 Å². The predicted octanol–water partition coefficient (Wildman–Crippen LogP) is 2.26. The van der Waals surface area contributed by atoms with Gasteiger partial charge < -0.3 is 5.11 Å². The molecule has 0 amide bonds. The van der Waals surface area contributed by atoms with Gasteiger partial charge in [-0.05, 0) is 12.5 Å². The van der Waals surface area contributed by atoms with Crippen LogP contribution in [0, 0.1) is 0 Å². The van der Waals surface area contributed by atoms with Gasteiger partial charge in [0.1, 0.15) is 0 Å². The van der Waals surface area contributed by atoms with Crippen LogP contribution >= 0.6 is 0 Å². The number of allylic oxidation sites excluding steroid dienone is 1. The lowest BCUT2D eigenvalue weighted by atomic mass is 10.0. The van der Waals surface area contributed by atoms with Crippen molar-refractivity contribution in [3.63, 3.8) is 0 Å². The molecule has 0 radical (unpaired) electrons. The first-order chi connectivity index (χ1) is 6.24. The van der Waals surface area contributed by atoms with Crippen LogP contribution in [0.2, 0.25) is 0 Å². The van der Waals surface area contributed by atoms with Crippen molar-refractivity contribution in [2.75, 3.05) is 0 Å². The number of rotatable bonds is 3. The molecule has 0 aliphatic heterocycles. The van der Waals surface area contributed by atoms with Gasteiger partial charge >= 0.3 is 0 Å². The van der Waals surface area contributed by atoms with Crippen molar-refractivity contribution >= 4 is 5.78 Å². The van der Waals surface area contributed by atoms with E-state index in [-0.39, 0.29) is 5.78 Å². The minimum Gasteiger partial charge on any atom is -0.515 e. The van der Waals surface area contributed by atoms with Gasteiger partial charge in [0.05, 0.1) is 6.26 Å². The monoisotopic (exact) mass is 176 g/mol. The van der Waals surface area contributed by atoms with Crippen molar-refractivity contribution in [1.82, 2.24) is 0 Å². The Morgan fingerprint density at radius 1 is 1.38 bits per heavy atom. The number of benzene rings is 1. The van der Waals surface area contributed by atoms with Gasteiger partial charge in [0.15, 0.2) is 5.78 Å². The third-order valence-corrected chi connectivity index (χ3v) is 1.85. The van der Waals surface area contributed by atoms with Crippen LogP contribution < -0.4 is 0 Å². The van der Waals surface area contributed by atoms with Crippen LogP contribution in [-0.4, -0.2) is 10.9 Å². The van der Waals surface area contributed by atoms with Crippen LogP contribution in [0.1, 0.15) is 12.5 Å². The molecule has 0 atom stereocenters. The maximum Gasteiger partial charge on any atom is 0.159 e. The summed E-state index contributed by atoms with van der Waals surface area (Å²) in [6.45, 7) is 1.45. The minimum atomic E-state index is -0.0913. The molecule has 1 rings (SSSR count). The molecule has 0 aromatic heterocycles. The average Bonchev–Trinajstić information content (AvgIpc) is 2.15. The fourth-order valence-corrected chi connectivity index (χ4v) is 1.08. The largest absolute Gasteiger partial charge is 0.515 e. The molecular formula is C11H12O2. The van der Waals surface area contributed by atoms with E-state index in [9.17, 15) is 4.79 Å². The van der Waals surface area contributed by atoms with Gasteiger partial charge in [-0.15, -0.1) is 0 Å². The summed E-state index contributed by atoms with van der Waals surface area (Å²) in [7, 11) is 0. The SMILES string of the molecule is CC(=O)/C(=C/O)Cc1ccccc1. The zero-order valence-electron chi connectivity index (χ0n) is 7.53. The summed E-state index contributed by atoms with van der Waals surface area (Å²) in [5, 5.41) is 8.77. The van der Waals surface area contributed by atoms with Crippen molar-refractivity contribution in [2.24, 2.45) is 0 Å². The summed E-state index contributed by atoms with van der Waals surface area (Å²) in [5.41, 5.74) is 1.46. The number of carbonyl (C=O) groups is 1. The van der Waals surface area contributed by atoms with Crippen molar-refractivity contribution in [2.45, 2.75) is 13.3 Å². The molecule has 0 unspecified atom stereocenters. The lowest BCUT2D eigenvalue weighted by Crippen LogP contribution is -2.00. The van der Waals surface area contributed by atoms with E-state index in [1.165, 1.54) is 6.92 Å². The Kier molecular flexibility index (Phi) is 3.26. The van der Waals surface area contributed by atoms with Crippen LogP contribution in [-0.2, 0) is 11.2 Å². The molecule has 0 bridgehead atoms. The van der Waals surface area contributed by atoms with Crippen LogP contribution in [0.15, 0.2) is 42.2 Å². The number of ketones is 1. The van der Waals surface area contributed by atoms with Gasteiger partial charge in [-0.2, -0.15) is 0 Å². The Morgan fingerprint density at radius 3 is 2.46 bits per heavy atom. The molecule has 0 saturated carbocycles. The van der Waals surface area contributed by atoms with E-state index >= 15 is 0 Å². The molecular weight excluding hydrogens is 164 g/mol. The smallest absolute Gasteiger partial charge is 0.159 e. The maximum absolute atomic E-state index is 11.0. The first kappa shape index (κ1) is 9.52. The predicted molar refractivity (Wildman–Crippen MR) is 51.5 cm³/mol. The van der Waals surface area contributed by atoms with Crippen LogP contribution in [0.25, 0.3) is 0 Å². The molecule has 1 aromatic carbocycles. The molecule has 13 heavy (non-hydrogen) atoms. The van der Waals surface area contributed by atoms with Crippen molar-refractivity contribution in [3.8, 4) is 0 Å². The second-order valence-electron chi connectivity index (χ2n) is 2.87. The third kappa shape index (κ3) is 2.75. The fourth-order valence-electron chi connectivity index (χ4n) is 1.08. The highest BCUT2D eigenvalue weighted by molar-refractivity contribution is 5.93. The maximum atomic E-state index is 11.0. The number of aliphatic hydroxyl groups is 1. The van der Waals surface area contributed by atoms with E-state index < -0.39 is 0 Å². The summed E-state index contributed by atoms with van der Waals surface area (Å²) >= 11 is 0. The number of Topliss-reactive ketones (excluding diaryl/α,β-unsaturated/α-hetero) is 1. The molecule has 0 saturated heterocycles. The minimum absolute atomic E-state index is 0.0913. The highest BCUT2D eigenvalue weighted by Crippen LogP contribution is 2.07. The average molecular weight is 176 g/mol. The first-order valence-corrected chi connectivity index (χ1v) is 4.12. The van der Waals surface area contributed by atoms with E-state index in [2.05, 4.69) is 0 Å². The molecule has 0 spiro atoms. The highest BCUT2D eigenvalue weighted by atomic mass is 16.2. The zero-order chi connectivity index (χ0) is 9.68. The van der Waals surface area contributed by atoms with Crippen LogP contribution in [0.4, 0.5) is 0 Å². The Labute approximate surface area is 77.5 Å². The second-order valence-corrected chi connectivity index (χ2v) is 2.87. The molecule has 1 N–H and O–H groups in total. The lowest BCUT2D eigenvalue weighted by molar-refractivity contribution is -0.113. The number of aliphatic hydroxyl groups excluding tert-OH is 1. The zero-order valence-corrected chi connectivity index (χ0v) is 7.53. The van der Waals surface area contributed by atoms with Gasteiger partial charge in [-0.3, -0.25) is 4.79 Å². The standard InChI is InChI=1S/C11H12O2/c1-9(13)11(8-12)7-10-5-3-2-4-6-10/h2-6,8,12H,7H2,1H3/b11-8+. The van der Waals surface area contributed by atoms with Gasteiger partial charge in [-0.1, -0.05) is 30.3 Å². The second kappa shape index (κ2) is 4.45. The van der Waals surface area contributed by atoms with E-state index in [4.69, 9.17) is 5.11 Å². The number of hydrogen-bond donors (Lipinski definition) is 1.